The lowest BCUT2D eigenvalue weighted by Gasteiger charge is -2.14. The van der Waals surface area contributed by atoms with Crippen molar-refractivity contribution in [1.29, 1.82) is 0 Å². The number of anilines is 3. The molecular weight excluding hydrogens is 346 g/mol. The van der Waals surface area contributed by atoms with Gasteiger partial charge in [-0.25, -0.2) is 0 Å². The van der Waals surface area contributed by atoms with Crippen LogP contribution in [0.15, 0.2) is 67.0 Å². The van der Waals surface area contributed by atoms with Crippen molar-refractivity contribution in [3.8, 4) is 0 Å². The third kappa shape index (κ3) is 4.21. The van der Waals surface area contributed by atoms with Gasteiger partial charge < -0.3 is 10.6 Å². The standard InChI is InChI=1S/C21H20ClN3O/c1-14(2)17-7-3-5-9-19(17)25-21(26)15-11-16(13-23-12-15)24-20-10-6-4-8-18(20)22/h3-14,24H,1-2H3,(H,25,26). The highest BCUT2D eigenvalue weighted by Gasteiger charge is 2.12. The number of pyridine rings is 1. The highest BCUT2D eigenvalue weighted by atomic mass is 35.5. The molecule has 0 aliphatic carbocycles. The first-order valence-corrected chi connectivity index (χ1v) is 8.79. The van der Waals surface area contributed by atoms with E-state index in [2.05, 4.69) is 29.5 Å². The number of hydrogen-bond donors (Lipinski definition) is 2. The van der Waals surface area contributed by atoms with Crippen LogP contribution in [0.4, 0.5) is 17.1 Å². The molecule has 3 aromatic rings. The van der Waals surface area contributed by atoms with E-state index in [1.807, 2.05) is 42.5 Å². The predicted molar refractivity (Wildman–Crippen MR) is 107 cm³/mol. The molecule has 2 aromatic carbocycles. The molecule has 0 aliphatic heterocycles. The van der Waals surface area contributed by atoms with Crippen LogP contribution in [0.5, 0.6) is 0 Å². The normalized spacial score (nSPS) is 10.6. The van der Waals surface area contributed by atoms with Crippen LogP contribution < -0.4 is 10.6 Å². The van der Waals surface area contributed by atoms with E-state index in [-0.39, 0.29) is 5.91 Å². The van der Waals surface area contributed by atoms with Crippen molar-refractivity contribution in [3.05, 3.63) is 83.1 Å². The Hall–Kier alpha value is -2.85. The minimum absolute atomic E-state index is 0.201. The maximum atomic E-state index is 12.7. The zero-order valence-electron chi connectivity index (χ0n) is 14.7. The lowest BCUT2D eigenvalue weighted by molar-refractivity contribution is 0.102. The number of aromatic nitrogens is 1. The average molecular weight is 366 g/mol. The molecule has 0 unspecified atom stereocenters. The number of nitrogens with one attached hydrogen (secondary N) is 2. The number of halogens is 1. The molecule has 0 bridgehead atoms. The van der Waals surface area contributed by atoms with Gasteiger partial charge in [-0.05, 0) is 35.7 Å². The van der Waals surface area contributed by atoms with Gasteiger partial charge in [-0.3, -0.25) is 9.78 Å². The zero-order valence-corrected chi connectivity index (χ0v) is 15.4. The lowest BCUT2D eigenvalue weighted by atomic mass is 10.0. The monoisotopic (exact) mass is 365 g/mol. The molecule has 0 atom stereocenters. The fourth-order valence-corrected chi connectivity index (χ4v) is 2.84. The summed E-state index contributed by atoms with van der Waals surface area (Å²) in [6, 6.07) is 17.0. The number of hydrogen-bond acceptors (Lipinski definition) is 3. The van der Waals surface area contributed by atoms with E-state index >= 15 is 0 Å². The minimum Gasteiger partial charge on any atom is -0.353 e. The molecule has 0 spiro atoms. The molecule has 0 aliphatic rings. The molecule has 1 aromatic heterocycles. The molecule has 26 heavy (non-hydrogen) atoms. The summed E-state index contributed by atoms with van der Waals surface area (Å²) in [5.74, 6) is 0.117. The smallest absolute Gasteiger partial charge is 0.257 e. The van der Waals surface area contributed by atoms with Gasteiger partial charge in [0.25, 0.3) is 5.91 Å². The van der Waals surface area contributed by atoms with Crippen molar-refractivity contribution in [3.63, 3.8) is 0 Å². The SMILES string of the molecule is CC(C)c1ccccc1NC(=O)c1cncc(Nc2ccccc2Cl)c1. The largest absolute Gasteiger partial charge is 0.353 e. The number of para-hydroxylation sites is 2. The molecule has 0 fully saturated rings. The molecular formula is C21H20ClN3O. The zero-order chi connectivity index (χ0) is 18.5. The minimum atomic E-state index is -0.201. The van der Waals surface area contributed by atoms with Crippen molar-refractivity contribution >= 4 is 34.6 Å². The lowest BCUT2D eigenvalue weighted by Crippen LogP contribution is -2.14. The molecule has 2 N–H and O–H groups in total. The third-order valence-corrected chi connectivity index (χ3v) is 4.31. The van der Waals surface area contributed by atoms with Gasteiger partial charge in [0.1, 0.15) is 0 Å². The quantitative estimate of drug-likeness (QED) is 0.595. The Bertz CT molecular complexity index is 924. The maximum absolute atomic E-state index is 12.7. The summed E-state index contributed by atoms with van der Waals surface area (Å²) >= 11 is 6.17. The van der Waals surface area contributed by atoms with Crippen LogP contribution in [0.1, 0.15) is 35.7 Å². The summed E-state index contributed by atoms with van der Waals surface area (Å²) in [5, 5.41) is 6.77. The van der Waals surface area contributed by atoms with Crippen molar-refractivity contribution in [2.75, 3.05) is 10.6 Å². The first-order chi connectivity index (χ1) is 12.5. The summed E-state index contributed by atoms with van der Waals surface area (Å²) in [5.41, 5.74) is 3.85. The van der Waals surface area contributed by atoms with E-state index < -0.39 is 0 Å². The third-order valence-electron chi connectivity index (χ3n) is 3.98. The van der Waals surface area contributed by atoms with Gasteiger partial charge in [0, 0.05) is 11.9 Å². The molecule has 132 valence electrons. The van der Waals surface area contributed by atoms with Gasteiger partial charge in [-0.15, -0.1) is 0 Å². The predicted octanol–water partition coefficient (Wildman–Crippen LogP) is 5.85. The molecule has 0 saturated heterocycles. The van der Waals surface area contributed by atoms with Crippen LogP contribution in [-0.2, 0) is 0 Å². The molecule has 0 radical (unpaired) electrons. The molecule has 1 heterocycles. The van der Waals surface area contributed by atoms with Crippen molar-refractivity contribution < 1.29 is 4.79 Å². The second kappa shape index (κ2) is 8.02. The Labute approximate surface area is 158 Å². The molecule has 0 saturated carbocycles. The second-order valence-corrected chi connectivity index (χ2v) is 6.67. The molecule has 5 heteroatoms. The van der Waals surface area contributed by atoms with Gasteiger partial charge in [0.15, 0.2) is 0 Å². The fraction of sp³-hybridized carbons (Fsp3) is 0.143. The highest BCUT2D eigenvalue weighted by molar-refractivity contribution is 6.33. The topological polar surface area (TPSA) is 54.0 Å². The van der Waals surface area contributed by atoms with Crippen LogP contribution in [-0.4, -0.2) is 10.9 Å². The van der Waals surface area contributed by atoms with Crippen molar-refractivity contribution in [2.24, 2.45) is 0 Å². The number of rotatable bonds is 5. The van der Waals surface area contributed by atoms with E-state index in [1.54, 1.807) is 24.5 Å². The van der Waals surface area contributed by atoms with E-state index in [1.165, 1.54) is 0 Å². The van der Waals surface area contributed by atoms with Gasteiger partial charge in [-0.1, -0.05) is 55.8 Å². The van der Waals surface area contributed by atoms with Crippen LogP contribution in [0.2, 0.25) is 5.02 Å². The summed E-state index contributed by atoms with van der Waals surface area (Å²) in [6.45, 7) is 4.20. The van der Waals surface area contributed by atoms with E-state index in [9.17, 15) is 4.79 Å². The molecule has 1 amide bonds. The highest BCUT2D eigenvalue weighted by Crippen LogP contribution is 2.26. The summed E-state index contributed by atoms with van der Waals surface area (Å²) < 4.78 is 0. The van der Waals surface area contributed by atoms with E-state index in [0.29, 0.717) is 22.2 Å². The van der Waals surface area contributed by atoms with Crippen molar-refractivity contribution in [1.82, 2.24) is 4.98 Å². The fourth-order valence-electron chi connectivity index (χ4n) is 2.66. The summed E-state index contributed by atoms with van der Waals surface area (Å²) in [4.78, 5) is 16.8. The number of amides is 1. The summed E-state index contributed by atoms with van der Waals surface area (Å²) in [6.07, 6.45) is 3.20. The Kier molecular flexibility index (Phi) is 5.54. The van der Waals surface area contributed by atoms with Gasteiger partial charge in [-0.2, -0.15) is 0 Å². The molecule has 3 rings (SSSR count). The molecule has 4 nitrogen and oxygen atoms in total. The Morgan fingerprint density at radius 2 is 1.69 bits per heavy atom. The average Bonchev–Trinajstić information content (AvgIpc) is 2.64. The van der Waals surface area contributed by atoms with Crippen LogP contribution in [0.3, 0.4) is 0 Å². The maximum Gasteiger partial charge on any atom is 0.257 e. The number of carbonyl (C=O) groups excluding carboxylic acids is 1. The van der Waals surface area contributed by atoms with Crippen LogP contribution in [0, 0.1) is 0 Å². The van der Waals surface area contributed by atoms with Crippen molar-refractivity contribution in [2.45, 2.75) is 19.8 Å². The first kappa shape index (κ1) is 18.0. The van der Waals surface area contributed by atoms with Gasteiger partial charge in [0.2, 0.25) is 0 Å². The van der Waals surface area contributed by atoms with Crippen LogP contribution in [0.25, 0.3) is 0 Å². The Morgan fingerprint density at radius 1 is 1.00 bits per heavy atom. The first-order valence-electron chi connectivity index (χ1n) is 8.41. The number of benzene rings is 2. The van der Waals surface area contributed by atoms with Crippen LogP contribution >= 0.6 is 11.6 Å². The van der Waals surface area contributed by atoms with E-state index in [0.717, 1.165) is 16.9 Å². The van der Waals surface area contributed by atoms with Gasteiger partial charge >= 0.3 is 0 Å². The number of carbonyl (C=O) groups is 1. The second-order valence-electron chi connectivity index (χ2n) is 6.26. The van der Waals surface area contributed by atoms with Gasteiger partial charge in [0.05, 0.1) is 28.2 Å². The Morgan fingerprint density at radius 3 is 2.42 bits per heavy atom. The number of nitrogens with zero attached hydrogens (tertiary/aromatic N) is 1. The summed E-state index contributed by atoms with van der Waals surface area (Å²) in [7, 11) is 0. The Balaban J connectivity index is 1.80. The van der Waals surface area contributed by atoms with E-state index in [4.69, 9.17) is 11.6 Å².